The van der Waals surface area contributed by atoms with Gasteiger partial charge in [0.25, 0.3) is 5.91 Å². The molecule has 0 saturated carbocycles. The molecule has 0 radical (unpaired) electrons. The Kier molecular flexibility index (Phi) is 5.30. The molecule has 2 N–H and O–H groups in total. The van der Waals surface area contributed by atoms with Gasteiger partial charge < -0.3 is 19.9 Å². The summed E-state index contributed by atoms with van der Waals surface area (Å²) in [5.41, 5.74) is 2.14. The molecule has 27 heavy (non-hydrogen) atoms. The van der Waals surface area contributed by atoms with E-state index in [2.05, 4.69) is 10.3 Å². The molecule has 1 amide bonds. The molecule has 0 bridgehead atoms. The number of carbonyl (C=O) groups excluding carboxylic acids is 2. The number of esters is 1. The smallest absolute Gasteiger partial charge is 0.328 e. The number of ether oxygens (including phenoxy) is 2. The van der Waals surface area contributed by atoms with Gasteiger partial charge in [0.2, 0.25) is 0 Å². The first-order valence-electron chi connectivity index (χ1n) is 8.73. The van der Waals surface area contributed by atoms with Gasteiger partial charge in [-0.15, -0.1) is 0 Å². The van der Waals surface area contributed by atoms with E-state index in [4.69, 9.17) is 9.47 Å². The third-order valence-corrected chi connectivity index (χ3v) is 4.82. The second-order valence-corrected chi connectivity index (χ2v) is 6.57. The molecule has 1 aromatic heterocycles. The largest absolute Gasteiger partial charge is 0.503 e. The van der Waals surface area contributed by atoms with Crippen LogP contribution in [-0.2, 0) is 16.0 Å². The minimum atomic E-state index is -0.888. The van der Waals surface area contributed by atoms with E-state index < -0.39 is 17.9 Å². The summed E-state index contributed by atoms with van der Waals surface area (Å²) in [4.78, 5) is 28.6. The number of nitrogens with zero attached hydrogens (tertiary/aromatic N) is 1. The molecular formula is C20H22N2O5. The summed E-state index contributed by atoms with van der Waals surface area (Å²) in [6, 6.07) is 8.55. The molecule has 0 aliphatic heterocycles. The quantitative estimate of drug-likeness (QED) is 0.783. The number of pyridine rings is 1. The van der Waals surface area contributed by atoms with Crippen molar-refractivity contribution in [1.29, 1.82) is 0 Å². The van der Waals surface area contributed by atoms with Crippen LogP contribution in [0.5, 0.6) is 11.5 Å². The molecular weight excluding hydrogens is 348 g/mol. The van der Waals surface area contributed by atoms with Crippen LogP contribution < -0.4 is 10.1 Å². The molecule has 0 fully saturated rings. The van der Waals surface area contributed by atoms with Gasteiger partial charge in [0.05, 0.1) is 7.11 Å². The molecule has 0 unspecified atom stereocenters. The van der Waals surface area contributed by atoms with Crippen molar-refractivity contribution in [3.05, 3.63) is 53.3 Å². The average molecular weight is 370 g/mol. The molecule has 1 aliphatic rings. The Balaban J connectivity index is 1.63. The number of nitrogens with one attached hydrogen (secondary N) is 1. The van der Waals surface area contributed by atoms with Gasteiger partial charge in [-0.2, -0.15) is 0 Å². The summed E-state index contributed by atoms with van der Waals surface area (Å²) in [7, 11) is 1.37. The molecule has 0 spiro atoms. The number of benzene rings is 1. The molecule has 1 aromatic carbocycles. The number of amides is 1. The standard InChI is InChI=1S/C20H22N2O5/c1-11-14-7-5-4-6-13(14)10-16(11)27-20(25)12(2)22-19(24)17-18(23)15(26-3)8-9-21-17/h4-9,11-12,16,23H,10H2,1-3H3,(H,22,24)/t11-,12+,16-/m1/s1. The highest BCUT2D eigenvalue weighted by atomic mass is 16.5. The number of hydrogen-bond acceptors (Lipinski definition) is 6. The predicted molar refractivity (Wildman–Crippen MR) is 97.8 cm³/mol. The minimum absolute atomic E-state index is 0.0946. The van der Waals surface area contributed by atoms with Crippen LogP contribution in [0, 0.1) is 0 Å². The van der Waals surface area contributed by atoms with Crippen LogP contribution in [0.1, 0.15) is 41.4 Å². The first-order valence-corrected chi connectivity index (χ1v) is 8.73. The van der Waals surface area contributed by atoms with Gasteiger partial charge in [-0.3, -0.25) is 4.79 Å². The average Bonchev–Trinajstić information content (AvgIpc) is 2.97. The van der Waals surface area contributed by atoms with E-state index in [1.807, 2.05) is 31.2 Å². The fourth-order valence-corrected chi connectivity index (χ4v) is 3.24. The fraction of sp³-hybridized carbons (Fsp3) is 0.350. The van der Waals surface area contributed by atoms with Crippen molar-refractivity contribution >= 4 is 11.9 Å². The van der Waals surface area contributed by atoms with Crippen LogP contribution in [0.4, 0.5) is 0 Å². The Morgan fingerprint density at radius 1 is 1.30 bits per heavy atom. The number of rotatable bonds is 5. The van der Waals surface area contributed by atoms with Crippen molar-refractivity contribution in [2.75, 3.05) is 7.11 Å². The zero-order valence-electron chi connectivity index (χ0n) is 15.4. The third-order valence-electron chi connectivity index (χ3n) is 4.82. The molecule has 3 rings (SSSR count). The normalized spacial score (nSPS) is 19.1. The lowest BCUT2D eigenvalue weighted by Crippen LogP contribution is -2.41. The van der Waals surface area contributed by atoms with Crippen LogP contribution >= 0.6 is 0 Å². The maximum Gasteiger partial charge on any atom is 0.328 e. The van der Waals surface area contributed by atoms with Crippen molar-refractivity contribution < 1.29 is 24.2 Å². The minimum Gasteiger partial charge on any atom is -0.503 e. The monoisotopic (exact) mass is 370 g/mol. The summed E-state index contributed by atoms with van der Waals surface area (Å²) in [5, 5.41) is 12.5. The van der Waals surface area contributed by atoms with Gasteiger partial charge in [-0.05, 0) is 18.1 Å². The van der Waals surface area contributed by atoms with Crippen LogP contribution in [0.2, 0.25) is 0 Å². The van der Waals surface area contributed by atoms with E-state index in [0.717, 1.165) is 0 Å². The van der Waals surface area contributed by atoms with E-state index in [0.29, 0.717) is 6.42 Å². The van der Waals surface area contributed by atoms with E-state index in [-0.39, 0.29) is 29.2 Å². The van der Waals surface area contributed by atoms with Crippen molar-refractivity contribution in [3.63, 3.8) is 0 Å². The first kappa shape index (κ1) is 18.7. The summed E-state index contributed by atoms with van der Waals surface area (Å²) >= 11 is 0. The van der Waals surface area contributed by atoms with E-state index in [9.17, 15) is 14.7 Å². The van der Waals surface area contributed by atoms with Crippen LogP contribution in [-0.4, -0.2) is 41.2 Å². The number of hydrogen-bond donors (Lipinski definition) is 2. The second kappa shape index (κ2) is 7.65. The van der Waals surface area contributed by atoms with Gasteiger partial charge in [-0.1, -0.05) is 31.2 Å². The second-order valence-electron chi connectivity index (χ2n) is 6.57. The van der Waals surface area contributed by atoms with Crippen LogP contribution in [0.3, 0.4) is 0 Å². The highest BCUT2D eigenvalue weighted by molar-refractivity contribution is 5.97. The number of aromatic nitrogens is 1. The summed E-state index contributed by atoms with van der Waals surface area (Å²) in [6.07, 6.45) is 1.73. The summed E-state index contributed by atoms with van der Waals surface area (Å²) in [5.74, 6) is -1.37. The highest BCUT2D eigenvalue weighted by Gasteiger charge is 2.33. The van der Waals surface area contributed by atoms with Gasteiger partial charge in [-0.25, -0.2) is 9.78 Å². The topological polar surface area (TPSA) is 97.8 Å². The summed E-state index contributed by atoms with van der Waals surface area (Å²) in [6.45, 7) is 3.55. The lowest BCUT2D eigenvalue weighted by molar-refractivity contribution is -0.151. The molecule has 3 atom stereocenters. The van der Waals surface area contributed by atoms with Crippen molar-refractivity contribution in [1.82, 2.24) is 10.3 Å². The number of fused-ring (bicyclic) bond motifs is 1. The Bertz CT molecular complexity index is 867. The maximum absolute atomic E-state index is 12.4. The number of aromatic hydroxyl groups is 1. The van der Waals surface area contributed by atoms with Crippen molar-refractivity contribution in [3.8, 4) is 11.5 Å². The SMILES string of the molecule is COc1ccnc(C(=O)N[C@@H](C)C(=O)O[C@@H]2Cc3ccccc3[C@H]2C)c1O. The van der Waals surface area contributed by atoms with Gasteiger partial charge in [0.15, 0.2) is 17.2 Å². The van der Waals surface area contributed by atoms with Gasteiger partial charge >= 0.3 is 5.97 Å². The van der Waals surface area contributed by atoms with Gasteiger partial charge in [0.1, 0.15) is 12.1 Å². The Hall–Kier alpha value is -3.09. The predicted octanol–water partition coefficient (Wildman–Crippen LogP) is 2.19. The number of methoxy groups -OCH3 is 1. The fourth-order valence-electron chi connectivity index (χ4n) is 3.24. The molecule has 0 saturated heterocycles. The molecule has 1 aliphatic carbocycles. The molecule has 142 valence electrons. The molecule has 1 heterocycles. The Morgan fingerprint density at radius 3 is 2.74 bits per heavy atom. The highest BCUT2D eigenvalue weighted by Crippen LogP contribution is 2.34. The first-order chi connectivity index (χ1) is 12.9. The molecule has 2 aromatic rings. The Labute approximate surface area is 157 Å². The Morgan fingerprint density at radius 2 is 2.04 bits per heavy atom. The zero-order valence-corrected chi connectivity index (χ0v) is 15.4. The van der Waals surface area contributed by atoms with E-state index in [1.165, 1.54) is 37.4 Å². The van der Waals surface area contributed by atoms with Gasteiger partial charge in [0, 0.05) is 24.6 Å². The van der Waals surface area contributed by atoms with Crippen LogP contribution in [0.25, 0.3) is 0 Å². The zero-order chi connectivity index (χ0) is 19.6. The third kappa shape index (κ3) is 3.72. The van der Waals surface area contributed by atoms with Crippen LogP contribution in [0.15, 0.2) is 36.5 Å². The lowest BCUT2D eigenvalue weighted by Gasteiger charge is -2.20. The summed E-state index contributed by atoms with van der Waals surface area (Å²) < 4.78 is 10.6. The maximum atomic E-state index is 12.4. The van der Waals surface area contributed by atoms with Crippen molar-refractivity contribution in [2.45, 2.75) is 38.3 Å². The van der Waals surface area contributed by atoms with E-state index in [1.54, 1.807) is 0 Å². The molecule has 7 heteroatoms. The van der Waals surface area contributed by atoms with E-state index >= 15 is 0 Å². The lowest BCUT2D eigenvalue weighted by atomic mass is 10.0. The number of carbonyl (C=O) groups is 2. The van der Waals surface area contributed by atoms with Crippen molar-refractivity contribution in [2.24, 2.45) is 0 Å². The molecule has 7 nitrogen and oxygen atoms in total.